The van der Waals surface area contributed by atoms with Gasteiger partial charge < -0.3 is 11.1 Å². The monoisotopic (exact) mass is 476 g/mol. The van der Waals surface area contributed by atoms with Crippen LogP contribution in [0.3, 0.4) is 0 Å². The standard InChI is InChI=1S/C28H33ClN4O/c29-25-13-11-22(12-14-25)21-31-28(34)26(15-16-30)32-17-19-33(20-18-32)27(23-7-3-1-4-8-23)24-9-5-2-6-10-24/h1-14,26-27H,15-21,30H2,(H,31,34). The third-order valence-electron chi connectivity index (χ3n) is 6.51. The van der Waals surface area contributed by atoms with E-state index in [0.717, 1.165) is 31.7 Å². The van der Waals surface area contributed by atoms with Crippen LogP contribution in [0.15, 0.2) is 84.9 Å². The zero-order chi connectivity index (χ0) is 23.8. The average Bonchev–Trinajstić information content (AvgIpc) is 2.89. The number of nitrogens with two attached hydrogens (primary N) is 1. The zero-order valence-corrected chi connectivity index (χ0v) is 20.2. The van der Waals surface area contributed by atoms with E-state index in [1.807, 2.05) is 24.3 Å². The number of piperazine rings is 1. The topological polar surface area (TPSA) is 61.6 Å². The van der Waals surface area contributed by atoms with Crippen molar-refractivity contribution in [2.45, 2.75) is 25.0 Å². The fourth-order valence-electron chi connectivity index (χ4n) is 4.74. The quantitative estimate of drug-likeness (QED) is 0.488. The number of carbonyl (C=O) groups is 1. The highest BCUT2D eigenvalue weighted by Crippen LogP contribution is 2.29. The summed E-state index contributed by atoms with van der Waals surface area (Å²) in [5.41, 5.74) is 9.51. The Morgan fingerprint density at radius 3 is 1.88 bits per heavy atom. The maximum atomic E-state index is 13.1. The highest BCUT2D eigenvalue weighted by molar-refractivity contribution is 6.30. The molecule has 34 heavy (non-hydrogen) atoms. The van der Waals surface area contributed by atoms with Gasteiger partial charge in [-0.1, -0.05) is 84.4 Å². The van der Waals surface area contributed by atoms with Gasteiger partial charge in [0, 0.05) is 37.7 Å². The van der Waals surface area contributed by atoms with Crippen LogP contribution in [-0.4, -0.2) is 54.5 Å². The van der Waals surface area contributed by atoms with Crippen LogP contribution in [0.25, 0.3) is 0 Å². The van der Waals surface area contributed by atoms with Crippen molar-refractivity contribution >= 4 is 17.5 Å². The van der Waals surface area contributed by atoms with Gasteiger partial charge in [0.25, 0.3) is 0 Å². The molecule has 1 aliphatic rings. The van der Waals surface area contributed by atoms with Crippen molar-refractivity contribution in [3.63, 3.8) is 0 Å². The first-order chi connectivity index (χ1) is 16.7. The van der Waals surface area contributed by atoms with Crippen molar-refractivity contribution in [3.05, 3.63) is 107 Å². The van der Waals surface area contributed by atoms with Crippen LogP contribution in [0.4, 0.5) is 0 Å². The Bertz CT molecular complexity index is 982. The minimum Gasteiger partial charge on any atom is -0.351 e. The van der Waals surface area contributed by atoms with Crippen LogP contribution >= 0.6 is 11.6 Å². The van der Waals surface area contributed by atoms with Gasteiger partial charge in [-0.2, -0.15) is 0 Å². The molecule has 3 aromatic rings. The van der Waals surface area contributed by atoms with Crippen molar-refractivity contribution in [2.75, 3.05) is 32.7 Å². The Morgan fingerprint density at radius 2 is 1.35 bits per heavy atom. The lowest BCUT2D eigenvalue weighted by molar-refractivity contribution is -0.127. The molecule has 0 saturated carbocycles. The lowest BCUT2D eigenvalue weighted by Gasteiger charge is -2.42. The van der Waals surface area contributed by atoms with E-state index in [9.17, 15) is 4.79 Å². The second-order valence-electron chi connectivity index (χ2n) is 8.73. The van der Waals surface area contributed by atoms with Crippen molar-refractivity contribution in [3.8, 4) is 0 Å². The number of amides is 1. The van der Waals surface area contributed by atoms with E-state index in [4.69, 9.17) is 17.3 Å². The fourth-order valence-corrected chi connectivity index (χ4v) is 4.86. The zero-order valence-electron chi connectivity index (χ0n) is 19.4. The van der Waals surface area contributed by atoms with Crippen molar-refractivity contribution < 1.29 is 4.79 Å². The molecule has 4 rings (SSSR count). The number of benzene rings is 3. The van der Waals surface area contributed by atoms with E-state index >= 15 is 0 Å². The molecule has 6 heteroatoms. The van der Waals surface area contributed by atoms with Gasteiger partial charge in [-0.15, -0.1) is 0 Å². The van der Waals surface area contributed by atoms with E-state index in [1.54, 1.807) is 0 Å². The molecule has 1 fully saturated rings. The molecule has 0 aliphatic carbocycles. The first-order valence-electron chi connectivity index (χ1n) is 12.0. The van der Waals surface area contributed by atoms with Gasteiger partial charge in [0.15, 0.2) is 0 Å². The number of rotatable bonds is 9. The van der Waals surface area contributed by atoms with Gasteiger partial charge in [-0.3, -0.25) is 14.6 Å². The number of hydrogen-bond donors (Lipinski definition) is 2. The van der Waals surface area contributed by atoms with Gasteiger partial charge in [0.1, 0.15) is 0 Å². The van der Waals surface area contributed by atoms with Crippen LogP contribution in [0.5, 0.6) is 0 Å². The molecular weight excluding hydrogens is 444 g/mol. The number of hydrogen-bond acceptors (Lipinski definition) is 4. The second-order valence-corrected chi connectivity index (χ2v) is 9.17. The number of nitrogens with zero attached hydrogens (tertiary/aromatic N) is 2. The molecule has 1 atom stereocenters. The van der Waals surface area contributed by atoms with Gasteiger partial charge >= 0.3 is 0 Å². The molecular formula is C28H33ClN4O. The Labute approximate surface area is 207 Å². The summed E-state index contributed by atoms with van der Waals surface area (Å²) in [4.78, 5) is 17.9. The van der Waals surface area contributed by atoms with E-state index in [1.165, 1.54) is 11.1 Å². The van der Waals surface area contributed by atoms with E-state index < -0.39 is 0 Å². The summed E-state index contributed by atoms with van der Waals surface area (Å²) in [5.74, 6) is 0.0384. The van der Waals surface area contributed by atoms with Gasteiger partial charge in [0.05, 0.1) is 12.1 Å². The van der Waals surface area contributed by atoms with E-state index in [0.29, 0.717) is 24.5 Å². The molecule has 0 aromatic heterocycles. The predicted molar refractivity (Wildman–Crippen MR) is 139 cm³/mol. The molecule has 1 saturated heterocycles. The summed E-state index contributed by atoms with van der Waals surface area (Å²) in [6.45, 7) is 4.40. The van der Waals surface area contributed by atoms with Crippen LogP contribution in [0.2, 0.25) is 5.02 Å². The molecule has 0 bridgehead atoms. The van der Waals surface area contributed by atoms with E-state index in [2.05, 4.69) is 75.8 Å². The SMILES string of the molecule is NCCC(C(=O)NCc1ccc(Cl)cc1)N1CCN(C(c2ccccc2)c2ccccc2)CC1. The minimum absolute atomic E-state index is 0.0384. The van der Waals surface area contributed by atoms with E-state index in [-0.39, 0.29) is 18.0 Å². The smallest absolute Gasteiger partial charge is 0.237 e. The maximum absolute atomic E-state index is 13.1. The largest absolute Gasteiger partial charge is 0.351 e. The normalized spacial score (nSPS) is 15.9. The second kappa shape index (κ2) is 12.1. The number of halogens is 1. The Balaban J connectivity index is 1.41. The van der Waals surface area contributed by atoms with Crippen molar-refractivity contribution in [1.82, 2.24) is 15.1 Å². The lowest BCUT2D eigenvalue weighted by Crippen LogP contribution is -2.55. The van der Waals surface area contributed by atoms with Crippen molar-refractivity contribution in [2.24, 2.45) is 5.73 Å². The summed E-state index contributed by atoms with van der Waals surface area (Å²) in [5, 5.41) is 3.79. The molecule has 3 N–H and O–H groups in total. The Hall–Kier alpha value is -2.70. The van der Waals surface area contributed by atoms with Gasteiger partial charge in [0.2, 0.25) is 5.91 Å². The fraction of sp³-hybridized carbons (Fsp3) is 0.321. The maximum Gasteiger partial charge on any atom is 0.237 e. The molecule has 1 heterocycles. The summed E-state index contributed by atoms with van der Waals surface area (Å²) in [7, 11) is 0. The number of carbonyl (C=O) groups excluding carboxylic acids is 1. The summed E-state index contributed by atoms with van der Waals surface area (Å²) in [6.07, 6.45) is 0.646. The molecule has 0 radical (unpaired) electrons. The van der Waals surface area contributed by atoms with Crippen molar-refractivity contribution in [1.29, 1.82) is 0 Å². The highest BCUT2D eigenvalue weighted by Gasteiger charge is 2.31. The molecule has 5 nitrogen and oxygen atoms in total. The molecule has 0 spiro atoms. The molecule has 3 aromatic carbocycles. The third kappa shape index (κ3) is 6.24. The molecule has 1 aliphatic heterocycles. The van der Waals surface area contributed by atoms with Crippen LogP contribution in [0, 0.1) is 0 Å². The first kappa shape index (κ1) is 24.4. The molecule has 178 valence electrons. The third-order valence-corrected chi connectivity index (χ3v) is 6.76. The molecule has 1 unspecified atom stereocenters. The first-order valence-corrected chi connectivity index (χ1v) is 12.3. The minimum atomic E-state index is -0.216. The average molecular weight is 477 g/mol. The summed E-state index contributed by atoms with van der Waals surface area (Å²) in [6, 6.07) is 28.9. The van der Waals surface area contributed by atoms with Gasteiger partial charge in [-0.25, -0.2) is 0 Å². The Kier molecular flexibility index (Phi) is 8.72. The Morgan fingerprint density at radius 1 is 0.824 bits per heavy atom. The summed E-state index contributed by atoms with van der Waals surface area (Å²) >= 11 is 5.97. The van der Waals surface area contributed by atoms with Crippen LogP contribution < -0.4 is 11.1 Å². The summed E-state index contributed by atoms with van der Waals surface area (Å²) < 4.78 is 0. The molecule has 1 amide bonds. The van der Waals surface area contributed by atoms with Crippen LogP contribution in [0.1, 0.15) is 29.2 Å². The predicted octanol–water partition coefficient (Wildman–Crippen LogP) is 4.08. The lowest BCUT2D eigenvalue weighted by atomic mass is 9.96. The van der Waals surface area contributed by atoms with Crippen LogP contribution in [-0.2, 0) is 11.3 Å². The highest BCUT2D eigenvalue weighted by atomic mass is 35.5. The number of nitrogens with one attached hydrogen (secondary N) is 1. The van der Waals surface area contributed by atoms with Gasteiger partial charge in [-0.05, 0) is 41.8 Å².